The molecule has 1 rings (SSSR count). The molecular formula is C8H9ClO2S. The summed E-state index contributed by atoms with van der Waals surface area (Å²) in [6, 6.07) is 1.78. The molecule has 1 aromatic heterocycles. The SMILES string of the molecule is CCOC(=O)Cc1sccc1Cl. The summed E-state index contributed by atoms with van der Waals surface area (Å²) < 4.78 is 4.78. The fourth-order valence-electron chi connectivity index (χ4n) is 0.794. The molecule has 0 saturated heterocycles. The smallest absolute Gasteiger partial charge is 0.311 e. The molecule has 0 aliphatic carbocycles. The molecule has 0 spiro atoms. The van der Waals surface area contributed by atoms with Crippen molar-refractivity contribution in [2.24, 2.45) is 0 Å². The Kier molecular flexibility index (Phi) is 3.56. The highest BCUT2D eigenvalue weighted by molar-refractivity contribution is 7.10. The zero-order chi connectivity index (χ0) is 8.97. The zero-order valence-corrected chi connectivity index (χ0v) is 8.24. The Morgan fingerprint density at radius 3 is 3.00 bits per heavy atom. The van der Waals surface area contributed by atoms with Crippen LogP contribution in [0, 0.1) is 0 Å². The van der Waals surface area contributed by atoms with Gasteiger partial charge in [-0.25, -0.2) is 0 Å². The second-order valence-electron chi connectivity index (χ2n) is 2.17. The molecule has 0 bridgehead atoms. The minimum absolute atomic E-state index is 0.221. The van der Waals surface area contributed by atoms with Crippen LogP contribution in [0.3, 0.4) is 0 Å². The molecule has 0 aromatic carbocycles. The first-order chi connectivity index (χ1) is 5.74. The van der Waals surface area contributed by atoms with Gasteiger partial charge in [0.15, 0.2) is 0 Å². The summed E-state index contributed by atoms with van der Waals surface area (Å²) in [5.41, 5.74) is 0. The normalized spacial score (nSPS) is 9.83. The number of carbonyl (C=O) groups excluding carboxylic acids is 1. The third-order valence-corrected chi connectivity index (χ3v) is 2.69. The number of ether oxygens (including phenoxy) is 1. The molecule has 0 radical (unpaired) electrons. The van der Waals surface area contributed by atoms with E-state index in [0.29, 0.717) is 11.6 Å². The first-order valence-corrected chi connectivity index (χ1v) is 4.87. The van der Waals surface area contributed by atoms with Crippen molar-refractivity contribution in [3.05, 3.63) is 21.3 Å². The number of hydrogen-bond acceptors (Lipinski definition) is 3. The van der Waals surface area contributed by atoms with Crippen LogP contribution < -0.4 is 0 Å². The number of thiophene rings is 1. The largest absolute Gasteiger partial charge is 0.466 e. The zero-order valence-electron chi connectivity index (χ0n) is 6.67. The maximum atomic E-state index is 11.0. The summed E-state index contributed by atoms with van der Waals surface area (Å²) in [5.74, 6) is -0.221. The Balaban J connectivity index is 2.52. The van der Waals surface area contributed by atoms with Gasteiger partial charge in [-0.3, -0.25) is 4.79 Å². The standard InChI is InChI=1S/C8H9ClO2S/c1-2-11-8(10)5-7-6(9)3-4-12-7/h3-4H,2,5H2,1H3. The predicted molar refractivity (Wildman–Crippen MR) is 49.7 cm³/mol. The van der Waals surface area contributed by atoms with Gasteiger partial charge in [-0.15, -0.1) is 11.3 Å². The van der Waals surface area contributed by atoms with Gasteiger partial charge < -0.3 is 4.74 Å². The van der Waals surface area contributed by atoms with E-state index in [1.807, 2.05) is 5.38 Å². The summed E-state index contributed by atoms with van der Waals surface area (Å²) in [6.07, 6.45) is 0.282. The molecule has 0 saturated carbocycles. The molecular weight excluding hydrogens is 196 g/mol. The average molecular weight is 205 g/mol. The van der Waals surface area contributed by atoms with Crippen LogP contribution in [0.4, 0.5) is 0 Å². The lowest BCUT2D eigenvalue weighted by molar-refractivity contribution is -0.142. The van der Waals surface area contributed by atoms with Gasteiger partial charge in [0.1, 0.15) is 0 Å². The van der Waals surface area contributed by atoms with Crippen LogP contribution in [0.25, 0.3) is 0 Å². The number of rotatable bonds is 3. The van der Waals surface area contributed by atoms with Crippen molar-refractivity contribution < 1.29 is 9.53 Å². The quantitative estimate of drug-likeness (QED) is 0.708. The summed E-state index contributed by atoms with van der Waals surface area (Å²) in [7, 11) is 0. The number of halogens is 1. The molecule has 66 valence electrons. The highest BCUT2D eigenvalue weighted by Crippen LogP contribution is 2.22. The maximum Gasteiger partial charge on any atom is 0.311 e. The lowest BCUT2D eigenvalue weighted by Gasteiger charge is -1.99. The van der Waals surface area contributed by atoms with Crippen molar-refractivity contribution >= 4 is 28.9 Å². The second-order valence-corrected chi connectivity index (χ2v) is 3.58. The molecule has 1 heterocycles. The topological polar surface area (TPSA) is 26.3 Å². The summed E-state index contributed by atoms with van der Waals surface area (Å²) in [6.45, 7) is 2.20. The van der Waals surface area contributed by atoms with Crippen LogP contribution in [0.2, 0.25) is 5.02 Å². The van der Waals surface area contributed by atoms with E-state index in [1.54, 1.807) is 13.0 Å². The first kappa shape index (κ1) is 9.55. The van der Waals surface area contributed by atoms with Gasteiger partial charge in [0, 0.05) is 4.88 Å². The van der Waals surface area contributed by atoms with E-state index in [1.165, 1.54) is 11.3 Å². The third kappa shape index (κ3) is 2.50. The molecule has 2 nitrogen and oxygen atoms in total. The Morgan fingerprint density at radius 2 is 2.50 bits per heavy atom. The van der Waals surface area contributed by atoms with E-state index in [4.69, 9.17) is 16.3 Å². The Bertz CT molecular complexity index is 270. The van der Waals surface area contributed by atoms with E-state index in [2.05, 4.69) is 0 Å². The van der Waals surface area contributed by atoms with Crippen molar-refractivity contribution in [2.75, 3.05) is 6.61 Å². The van der Waals surface area contributed by atoms with E-state index >= 15 is 0 Å². The number of esters is 1. The lowest BCUT2D eigenvalue weighted by Crippen LogP contribution is -2.06. The van der Waals surface area contributed by atoms with Crippen LogP contribution in [0.5, 0.6) is 0 Å². The summed E-state index contributed by atoms with van der Waals surface area (Å²) >= 11 is 7.26. The van der Waals surface area contributed by atoms with Crippen LogP contribution in [-0.4, -0.2) is 12.6 Å². The van der Waals surface area contributed by atoms with E-state index < -0.39 is 0 Å². The van der Waals surface area contributed by atoms with Crippen molar-refractivity contribution in [3.8, 4) is 0 Å². The van der Waals surface area contributed by atoms with Gasteiger partial charge in [-0.2, -0.15) is 0 Å². The van der Waals surface area contributed by atoms with Crippen LogP contribution in [0.1, 0.15) is 11.8 Å². The fraction of sp³-hybridized carbons (Fsp3) is 0.375. The predicted octanol–water partition coefficient (Wildman–Crippen LogP) is 2.51. The van der Waals surface area contributed by atoms with Gasteiger partial charge in [0.25, 0.3) is 0 Å². The molecule has 12 heavy (non-hydrogen) atoms. The van der Waals surface area contributed by atoms with Crippen molar-refractivity contribution in [2.45, 2.75) is 13.3 Å². The average Bonchev–Trinajstić information content (AvgIpc) is 2.37. The van der Waals surface area contributed by atoms with Gasteiger partial charge in [0.2, 0.25) is 0 Å². The number of carbonyl (C=O) groups is 1. The van der Waals surface area contributed by atoms with E-state index in [9.17, 15) is 4.79 Å². The third-order valence-electron chi connectivity index (χ3n) is 1.30. The fourth-order valence-corrected chi connectivity index (χ4v) is 1.88. The molecule has 0 N–H and O–H groups in total. The Morgan fingerprint density at radius 1 is 1.75 bits per heavy atom. The van der Waals surface area contributed by atoms with Gasteiger partial charge >= 0.3 is 5.97 Å². The molecule has 0 aliphatic rings. The Hall–Kier alpha value is -0.540. The second kappa shape index (κ2) is 4.48. The molecule has 0 amide bonds. The van der Waals surface area contributed by atoms with Gasteiger partial charge in [0.05, 0.1) is 18.1 Å². The maximum absolute atomic E-state index is 11.0. The van der Waals surface area contributed by atoms with Gasteiger partial charge in [-0.05, 0) is 18.4 Å². The van der Waals surface area contributed by atoms with E-state index in [0.717, 1.165) is 4.88 Å². The lowest BCUT2D eigenvalue weighted by atomic mass is 10.3. The van der Waals surface area contributed by atoms with Crippen molar-refractivity contribution in [1.82, 2.24) is 0 Å². The molecule has 0 atom stereocenters. The van der Waals surface area contributed by atoms with Crippen LogP contribution in [-0.2, 0) is 16.0 Å². The molecule has 0 aliphatic heterocycles. The molecule has 4 heteroatoms. The van der Waals surface area contributed by atoms with Crippen LogP contribution in [0.15, 0.2) is 11.4 Å². The van der Waals surface area contributed by atoms with E-state index in [-0.39, 0.29) is 12.4 Å². The summed E-state index contributed by atoms with van der Waals surface area (Å²) in [4.78, 5) is 11.9. The number of hydrogen-bond donors (Lipinski definition) is 0. The summed E-state index contributed by atoms with van der Waals surface area (Å²) in [5, 5.41) is 2.50. The van der Waals surface area contributed by atoms with Gasteiger partial charge in [-0.1, -0.05) is 11.6 Å². The van der Waals surface area contributed by atoms with Crippen molar-refractivity contribution in [3.63, 3.8) is 0 Å². The minimum atomic E-state index is -0.221. The highest BCUT2D eigenvalue weighted by Gasteiger charge is 2.08. The molecule has 0 fully saturated rings. The first-order valence-electron chi connectivity index (χ1n) is 3.61. The Labute approximate surface area is 80.1 Å². The minimum Gasteiger partial charge on any atom is -0.466 e. The van der Waals surface area contributed by atoms with Crippen LogP contribution >= 0.6 is 22.9 Å². The molecule has 0 unspecified atom stereocenters. The van der Waals surface area contributed by atoms with Crippen molar-refractivity contribution in [1.29, 1.82) is 0 Å². The molecule has 1 aromatic rings. The highest BCUT2D eigenvalue weighted by atomic mass is 35.5. The monoisotopic (exact) mass is 204 g/mol.